The highest BCUT2D eigenvalue weighted by molar-refractivity contribution is 5.63. The van der Waals surface area contributed by atoms with Gasteiger partial charge in [-0.1, -0.05) is 30.4 Å². The summed E-state index contributed by atoms with van der Waals surface area (Å²) in [4.78, 5) is 8.49. The molecule has 5 nitrogen and oxygen atoms in total. The number of halogens is 3. The monoisotopic (exact) mass is 425 g/mol. The fourth-order valence-electron chi connectivity index (χ4n) is 3.11. The summed E-state index contributed by atoms with van der Waals surface area (Å²) in [6, 6.07) is 9.12. The molecule has 0 bridgehead atoms. The molecule has 1 aromatic carbocycles. The second-order valence-electron chi connectivity index (χ2n) is 6.96. The molecule has 31 heavy (non-hydrogen) atoms. The zero-order valence-corrected chi connectivity index (χ0v) is 17.0. The quantitative estimate of drug-likeness (QED) is 0.626. The van der Waals surface area contributed by atoms with Crippen molar-refractivity contribution >= 4 is 5.82 Å². The van der Waals surface area contributed by atoms with Crippen molar-refractivity contribution in [3.8, 4) is 17.5 Å². The second kappa shape index (κ2) is 9.94. The summed E-state index contributed by atoms with van der Waals surface area (Å²) in [5.41, 5.74) is 1.31. The van der Waals surface area contributed by atoms with Gasteiger partial charge in [-0.2, -0.15) is 18.4 Å². The Morgan fingerprint density at radius 1 is 1.03 bits per heavy atom. The van der Waals surface area contributed by atoms with Crippen LogP contribution in [0.25, 0.3) is 11.4 Å². The lowest BCUT2D eigenvalue weighted by Crippen LogP contribution is -2.21. The molecule has 160 valence electrons. The van der Waals surface area contributed by atoms with Crippen LogP contribution in [0.4, 0.5) is 19.0 Å². The summed E-state index contributed by atoms with van der Waals surface area (Å²) < 4.78 is 40.1. The highest BCUT2D eigenvalue weighted by Gasteiger charge is 2.34. The Morgan fingerprint density at radius 3 is 2.55 bits per heavy atom. The van der Waals surface area contributed by atoms with Gasteiger partial charge in [-0.25, -0.2) is 9.97 Å². The molecule has 1 aromatic heterocycles. The summed E-state index contributed by atoms with van der Waals surface area (Å²) in [6.45, 7) is 2.79. The maximum absolute atomic E-state index is 13.4. The number of nitrogens with one attached hydrogen (secondary N) is 2. The van der Waals surface area contributed by atoms with Crippen LogP contribution in [0.3, 0.4) is 0 Å². The van der Waals surface area contributed by atoms with Gasteiger partial charge in [-0.3, -0.25) is 0 Å². The number of benzene rings is 1. The Balaban J connectivity index is 1.66. The van der Waals surface area contributed by atoms with Crippen molar-refractivity contribution in [3.63, 3.8) is 0 Å². The van der Waals surface area contributed by atoms with E-state index in [-0.39, 0.29) is 11.4 Å². The van der Waals surface area contributed by atoms with Gasteiger partial charge in [0.2, 0.25) is 0 Å². The van der Waals surface area contributed by atoms with Crippen LogP contribution >= 0.6 is 0 Å². The molecule has 3 rings (SSSR count). The van der Waals surface area contributed by atoms with E-state index in [4.69, 9.17) is 5.26 Å². The molecule has 1 aliphatic carbocycles. The van der Waals surface area contributed by atoms with Crippen LogP contribution in [0, 0.1) is 18.3 Å². The molecule has 0 fully saturated rings. The van der Waals surface area contributed by atoms with Crippen LogP contribution in [0.1, 0.15) is 24.1 Å². The average molecular weight is 425 g/mol. The molecule has 0 atom stereocenters. The molecular formula is C23H22F3N5. The number of hydrogen-bond donors (Lipinski definition) is 2. The van der Waals surface area contributed by atoms with Crippen molar-refractivity contribution in [1.82, 2.24) is 15.3 Å². The SMILES string of the molecule is Cc1cc(NCCNC2=CCCC=C(C#N)C=C2)nc(-c2ccccc2C(F)(F)F)n1. The molecule has 0 saturated carbocycles. The Hall–Kier alpha value is -3.60. The molecule has 0 unspecified atom stereocenters. The predicted octanol–water partition coefficient (Wildman–Crippen LogP) is 5.16. The summed E-state index contributed by atoms with van der Waals surface area (Å²) in [5.74, 6) is 0.489. The zero-order valence-electron chi connectivity index (χ0n) is 17.0. The van der Waals surface area contributed by atoms with E-state index in [1.54, 1.807) is 19.1 Å². The number of hydrogen-bond acceptors (Lipinski definition) is 5. The maximum atomic E-state index is 13.4. The van der Waals surface area contributed by atoms with Crippen LogP contribution in [-0.2, 0) is 6.18 Å². The number of allylic oxidation sites excluding steroid dienone is 5. The van der Waals surface area contributed by atoms with E-state index in [0.717, 1.165) is 24.6 Å². The highest BCUT2D eigenvalue weighted by Crippen LogP contribution is 2.36. The summed E-state index contributed by atoms with van der Waals surface area (Å²) >= 11 is 0. The molecule has 2 aromatic rings. The lowest BCUT2D eigenvalue weighted by atomic mass is 10.1. The number of aromatic nitrogens is 2. The highest BCUT2D eigenvalue weighted by atomic mass is 19.4. The van der Waals surface area contributed by atoms with Gasteiger partial charge in [0, 0.05) is 41.7 Å². The van der Waals surface area contributed by atoms with Crippen LogP contribution in [0.15, 0.2) is 65.9 Å². The lowest BCUT2D eigenvalue weighted by Gasteiger charge is -2.14. The van der Waals surface area contributed by atoms with E-state index < -0.39 is 11.7 Å². The minimum absolute atomic E-state index is 0.0323. The number of aryl methyl sites for hydroxylation is 1. The molecular weight excluding hydrogens is 403 g/mol. The van der Waals surface area contributed by atoms with Gasteiger partial charge in [0.15, 0.2) is 5.82 Å². The number of nitriles is 1. The standard InChI is InChI=1S/C23H22F3N5/c1-16-14-21(29-13-12-28-18-7-3-2-6-17(15-27)10-11-18)31-22(30-16)19-8-4-5-9-20(19)23(24,25)26/h4-11,14,28H,2-3,12-13H2,1H3,(H,29,30,31). The van der Waals surface area contributed by atoms with Gasteiger partial charge >= 0.3 is 6.18 Å². The smallest absolute Gasteiger partial charge is 0.384 e. The summed E-state index contributed by atoms with van der Waals surface area (Å²) in [6.07, 6.45) is 4.73. The van der Waals surface area contributed by atoms with Crippen molar-refractivity contribution in [2.24, 2.45) is 0 Å². The van der Waals surface area contributed by atoms with E-state index in [0.29, 0.717) is 30.2 Å². The molecule has 8 heteroatoms. The normalized spacial score (nSPS) is 14.0. The number of anilines is 1. The molecule has 0 amide bonds. The summed E-state index contributed by atoms with van der Waals surface area (Å²) in [7, 11) is 0. The van der Waals surface area contributed by atoms with Crippen LogP contribution in [0.5, 0.6) is 0 Å². The average Bonchev–Trinajstić information content (AvgIpc) is 2.72. The van der Waals surface area contributed by atoms with E-state index in [1.165, 1.54) is 18.2 Å². The largest absolute Gasteiger partial charge is 0.417 e. The topological polar surface area (TPSA) is 73.6 Å². The predicted molar refractivity (Wildman–Crippen MR) is 114 cm³/mol. The van der Waals surface area contributed by atoms with Gasteiger partial charge < -0.3 is 10.6 Å². The van der Waals surface area contributed by atoms with E-state index in [9.17, 15) is 13.2 Å². The van der Waals surface area contributed by atoms with Gasteiger partial charge in [0.25, 0.3) is 0 Å². The summed E-state index contributed by atoms with van der Waals surface area (Å²) in [5, 5.41) is 15.4. The number of nitrogens with zero attached hydrogens (tertiary/aromatic N) is 3. The van der Waals surface area contributed by atoms with Gasteiger partial charge in [0.1, 0.15) is 5.82 Å². The minimum atomic E-state index is -4.49. The molecule has 0 radical (unpaired) electrons. The van der Waals surface area contributed by atoms with E-state index >= 15 is 0 Å². The van der Waals surface area contributed by atoms with Crippen LogP contribution in [-0.4, -0.2) is 23.1 Å². The van der Waals surface area contributed by atoms with Gasteiger partial charge in [-0.05, 0) is 38.0 Å². The Bertz CT molecular complexity index is 1060. The van der Waals surface area contributed by atoms with Crippen molar-refractivity contribution < 1.29 is 13.2 Å². The fourth-order valence-corrected chi connectivity index (χ4v) is 3.11. The Kier molecular flexibility index (Phi) is 7.08. The van der Waals surface area contributed by atoms with Crippen molar-refractivity contribution in [3.05, 3.63) is 77.2 Å². The minimum Gasteiger partial charge on any atom is -0.384 e. The maximum Gasteiger partial charge on any atom is 0.417 e. The Labute approximate surface area is 179 Å². The van der Waals surface area contributed by atoms with Crippen molar-refractivity contribution in [2.45, 2.75) is 25.9 Å². The molecule has 0 saturated heterocycles. The fraction of sp³-hybridized carbons (Fsp3) is 0.261. The first-order valence-corrected chi connectivity index (χ1v) is 9.85. The molecule has 2 N–H and O–H groups in total. The Morgan fingerprint density at radius 2 is 1.77 bits per heavy atom. The molecule has 0 aliphatic heterocycles. The van der Waals surface area contributed by atoms with E-state index in [1.807, 2.05) is 12.2 Å². The van der Waals surface area contributed by atoms with Crippen LogP contribution in [0.2, 0.25) is 0 Å². The first-order valence-electron chi connectivity index (χ1n) is 9.85. The molecule has 0 spiro atoms. The van der Waals surface area contributed by atoms with Gasteiger partial charge in [0.05, 0.1) is 11.6 Å². The first kappa shape index (κ1) is 22.1. The van der Waals surface area contributed by atoms with Crippen molar-refractivity contribution in [2.75, 3.05) is 18.4 Å². The zero-order chi connectivity index (χ0) is 22.3. The second-order valence-corrected chi connectivity index (χ2v) is 6.96. The lowest BCUT2D eigenvalue weighted by molar-refractivity contribution is -0.137. The molecule has 1 aliphatic rings. The van der Waals surface area contributed by atoms with Crippen molar-refractivity contribution in [1.29, 1.82) is 5.26 Å². The third kappa shape index (κ3) is 6.19. The number of alkyl halides is 3. The van der Waals surface area contributed by atoms with Gasteiger partial charge in [-0.15, -0.1) is 0 Å². The third-order valence-corrected chi connectivity index (χ3v) is 4.55. The van der Waals surface area contributed by atoms with E-state index in [2.05, 4.69) is 32.7 Å². The first-order chi connectivity index (χ1) is 14.9. The third-order valence-electron chi connectivity index (χ3n) is 4.55. The van der Waals surface area contributed by atoms with Crippen LogP contribution < -0.4 is 10.6 Å². The number of rotatable bonds is 6. The molecule has 1 heterocycles.